The summed E-state index contributed by atoms with van der Waals surface area (Å²) in [5.74, 6) is 4.07. The van der Waals surface area contributed by atoms with Crippen LogP contribution in [0.15, 0.2) is 28.3 Å². The van der Waals surface area contributed by atoms with Gasteiger partial charge < -0.3 is 24.7 Å². The van der Waals surface area contributed by atoms with Gasteiger partial charge in [0.15, 0.2) is 22.6 Å². The summed E-state index contributed by atoms with van der Waals surface area (Å²) in [7, 11) is 1.79. The first-order chi connectivity index (χ1) is 14.6. The van der Waals surface area contributed by atoms with Crippen molar-refractivity contribution in [2.75, 3.05) is 33.2 Å². The number of hydrogen-bond donors (Lipinski definition) is 2. The Kier molecular flexibility index (Phi) is 8.24. The molecule has 0 bridgehead atoms. The van der Waals surface area contributed by atoms with E-state index in [1.165, 1.54) is 5.56 Å². The van der Waals surface area contributed by atoms with Crippen molar-refractivity contribution in [3.63, 3.8) is 0 Å². The number of aryl methyl sites for hydroxylation is 1. The average molecular weight is 433 g/mol. The number of nitrogens with zero attached hydrogens (tertiary/aromatic N) is 4. The van der Waals surface area contributed by atoms with Crippen LogP contribution in [0.5, 0.6) is 11.5 Å². The predicted molar refractivity (Wildman–Crippen MR) is 121 cm³/mol. The van der Waals surface area contributed by atoms with E-state index in [1.807, 2.05) is 18.4 Å². The maximum atomic E-state index is 5.44. The molecular formula is C21H32N6O2S. The fraction of sp³-hybridized carbons (Fsp3) is 0.571. The van der Waals surface area contributed by atoms with Crippen molar-refractivity contribution < 1.29 is 9.47 Å². The zero-order valence-corrected chi connectivity index (χ0v) is 19.1. The van der Waals surface area contributed by atoms with Gasteiger partial charge in [-0.15, -0.1) is 10.2 Å². The molecule has 0 fully saturated rings. The maximum absolute atomic E-state index is 5.44. The van der Waals surface area contributed by atoms with Gasteiger partial charge in [-0.2, -0.15) is 0 Å². The van der Waals surface area contributed by atoms with E-state index in [4.69, 9.17) is 9.47 Å². The summed E-state index contributed by atoms with van der Waals surface area (Å²) in [6.07, 6.45) is 4.79. The highest BCUT2D eigenvalue weighted by molar-refractivity contribution is 7.98. The van der Waals surface area contributed by atoms with Crippen LogP contribution in [-0.4, -0.2) is 53.9 Å². The normalized spacial score (nSPS) is 13.2. The van der Waals surface area contributed by atoms with Gasteiger partial charge in [0.2, 0.25) is 6.79 Å². The molecule has 8 nitrogen and oxygen atoms in total. The van der Waals surface area contributed by atoms with E-state index in [0.29, 0.717) is 12.7 Å². The molecule has 9 heteroatoms. The minimum Gasteiger partial charge on any atom is -0.454 e. The minimum absolute atomic E-state index is 0.306. The van der Waals surface area contributed by atoms with Gasteiger partial charge in [-0.25, -0.2) is 0 Å². The third-order valence-electron chi connectivity index (χ3n) is 4.76. The van der Waals surface area contributed by atoms with E-state index in [9.17, 15) is 0 Å². The Morgan fingerprint density at radius 2 is 1.97 bits per heavy atom. The van der Waals surface area contributed by atoms with Crippen LogP contribution in [-0.2, 0) is 19.4 Å². The lowest BCUT2D eigenvalue weighted by Crippen LogP contribution is -2.38. The lowest BCUT2D eigenvalue weighted by Gasteiger charge is -2.13. The molecule has 0 aliphatic carbocycles. The Labute approximate surface area is 182 Å². The molecule has 2 N–H and O–H groups in total. The van der Waals surface area contributed by atoms with Gasteiger partial charge in [-0.05, 0) is 42.7 Å². The molecule has 1 aromatic carbocycles. The van der Waals surface area contributed by atoms with Gasteiger partial charge in [0, 0.05) is 33.1 Å². The maximum Gasteiger partial charge on any atom is 0.231 e. The van der Waals surface area contributed by atoms with Crippen LogP contribution in [0.4, 0.5) is 0 Å². The third-order valence-corrected chi connectivity index (χ3v) is 5.43. The summed E-state index contributed by atoms with van der Waals surface area (Å²) in [5, 5.41) is 16.4. The largest absolute Gasteiger partial charge is 0.454 e. The number of thioether (sulfide) groups is 1. The highest BCUT2D eigenvalue weighted by atomic mass is 32.2. The second kappa shape index (κ2) is 11.1. The van der Waals surface area contributed by atoms with Gasteiger partial charge in [-0.1, -0.05) is 31.7 Å². The summed E-state index contributed by atoms with van der Waals surface area (Å²) in [5.41, 5.74) is 1.20. The molecule has 0 saturated carbocycles. The molecule has 1 aliphatic rings. The molecule has 2 heterocycles. The van der Waals surface area contributed by atoms with Crippen LogP contribution in [0.3, 0.4) is 0 Å². The molecule has 3 rings (SSSR count). The van der Waals surface area contributed by atoms with Crippen molar-refractivity contribution in [3.05, 3.63) is 29.6 Å². The van der Waals surface area contributed by atoms with Gasteiger partial charge >= 0.3 is 0 Å². The lowest BCUT2D eigenvalue weighted by atomic mass is 10.1. The van der Waals surface area contributed by atoms with Crippen molar-refractivity contribution >= 4 is 17.7 Å². The van der Waals surface area contributed by atoms with Crippen LogP contribution in [0.2, 0.25) is 0 Å². The summed E-state index contributed by atoms with van der Waals surface area (Å²) < 4.78 is 13.0. The van der Waals surface area contributed by atoms with Crippen molar-refractivity contribution in [2.45, 2.75) is 44.8 Å². The fourth-order valence-corrected chi connectivity index (χ4v) is 3.82. The summed E-state index contributed by atoms with van der Waals surface area (Å²) in [4.78, 5) is 4.31. The van der Waals surface area contributed by atoms with Gasteiger partial charge in [0.05, 0.1) is 0 Å². The Morgan fingerprint density at radius 3 is 2.73 bits per heavy atom. The van der Waals surface area contributed by atoms with Crippen LogP contribution in [0.1, 0.15) is 31.7 Å². The molecule has 0 atom stereocenters. The zero-order chi connectivity index (χ0) is 21.3. The van der Waals surface area contributed by atoms with Gasteiger partial charge in [0.1, 0.15) is 5.82 Å². The highest BCUT2D eigenvalue weighted by Gasteiger charge is 2.14. The molecule has 0 saturated heterocycles. The second-order valence-electron chi connectivity index (χ2n) is 7.57. The Bertz CT molecular complexity index is 852. The molecule has 1 aliphatic heterocycles. The zero-order valence-electron chi connectivity index (χ0n) is 18.3. The average Bonchev–Trinajstić information content (AvgIpc) is 3.35. The SMILES string of the molecule is CN=C(NCCCc1nnc(SC)n1CC(C)C)NCCc1ccc2c(c1)OCO2. The molecule has 1 aromatic heterocycles. The number of fused-ring (bicyclic) bond motifs is 1. The van der Waals surface area contributed by atoms with Crippen LogP contribution < -0.4 is 20.1 Å². The van der Waals surface area contributed by atoms with E-state index in [1.54, 1.807) is 18.8 Å². The van der Waals surface area contributed by atoms with Gasteiger partial charge in [0.25, 0.3) is 0 Å². The Morgan fingerprint density at radius 1 is 1.17 bits per heavy atom. The topological polar surface area (TPSA) is 85.6 Å². The monoisotopic (exact) mass is 432 g/mol. The fourth-order valence-electron chi connectivity index (χ4n) is 3.30. The van der Waals surface area contributed by atoms with Crippen molar-refractivity contribution in [3.8, 4) is 11.5 Å². The first-order valence-corrected chi connectivity index (χ1v) is 11.6. The van der Waals surface area contributed by atoms with Crippen LogP contribution >= 0.6 is 11.8 Å². The summed E-state index contributed by atoms with van der Waals surface area (Å²) in [6.45, 7) is 7.31. The molecule has 164 valence electrons. The van der Waals surface area contributed by atoms with E-state index < -0.39 is 0 Å². The number of rotatable bonds is 10. The molecule has 0 spiro atoms. The number of aliphatic imine (C=N–C) groups is 1. The first-order valence-electron chi connectivity index (χ1n) is 10.4. The quantitative estimate of drug-likeness (QED) is 0.258. The molecule has 0 unspecified atom stereocenters. The molecular weight excluding hydrogens is 400 g/mol. The number of ether oxygens (including phenoxy) is 2. The molecule has 0 amide bonds. The number of hydrogen-bond acceptors (Lipinski definition) is 6. The summed E-state index contributed by atoms with van der Waals surface area (Å²) in [6, 6.07) is 6.07. The van der Waals surface area contributed by atoms with E-state index >= 15 is 0 Å². The second-order valence-corrected chi connectivity index (χ2v) is 8.35. The minimum atomic E-state index is 0.306. The predicted octanol–water partition coefficient (Wildman–Crippen LogP) is 2.73. The van der Waals surface area contributed by atoms with E-state index in [2.05, 4.69) is 50.3 Å². The lowest BCUT2D eigenvalue weighted by molar-refractivity contribution is 0.174. The van der Waals surface area contributed by atoms with Gasteiger partial charge in [-0.3, -0.25) is 4.99 Å². The number of benzene rings is 1. The van der Waals surface area contributed by atoms with Crippen LogP contribution in [0.25, 0.3) is 0 Å². The van der Waals surface area contributed by atoms with E-state index in [0.717, 1.165) is 67.3 Å². The molecule has 30 heavy (non-hydrogen) atoms. The number of nitrogens with one attached hydrogen (secondary N) is 2. The van der Waals surface area contributed by atoms with Crippen molar-refractivity contribution in [1.29, 1.82) is 0 Å². The highest BCUT2D eigenvalue weighted by Crippen LogP contribution is 2.32. The first kappa shape index (κ1) is 22.3. The molecule has 0 radical (unpaired) electrons. The Balaban J connectivity index is 1.39. The van der Waals surface area contributed by atoms with Crippen molar-refractivity contribution in [1.82, 2.24) is 25.4 Å². The smallest absolute Gasteiger partial charge is 0.231 e. The Hall–Kier alpha value is -2.42. The van der Waals surface area contributed by atoms with E-state index in [-0.39, 0.29) is 0 Å². The van der Waals surface area contributed by atoms with Crippen molar-refractivity contribution in [2.24, 2.45) is 10.9 Å². The number of guanidine groups is 1. The number of aromatic nitrogens is 3. The molecule has 2 aromatic rings. The standard InChI is InChI=1S/C21H32N6O2S/c1-15(2)13-27-19(25-26-21(27)30-4)6-5-10-23-20(22-3)24-11-9-16-7-8-17-18(12-16)29-14-28-17/h7-8,12,15H,5-6,9-11,13-14H2,1-4H3,(H2,22,23,24). The third kappa shape index (κ3) is 6.04. The van der Waals surface area contributed by atoms with Crippen LogP contribution in [0, 0.1) is 5.92 Å². The summed E-state index contributed by atoms with van der Waals surface area (Å²) >= 11 is 1.65.